The van der Waals surface area contributed by atoms with Gasteiger partial charge in [-0.3, -0.25) is 9.36 Å². The molecule has 1 N–H and O–H groups in total. The number of carbonyl (C=O) groups is 1. The van der Waals surface area contributed by atoms with E-state index in [2.05, 4.69) is 20.7 Å². The van der Waals surface area contributed by atoms with Crippen molar-refractivity contribution < 1.29 is 9.53 Å². The molecule has 7 nitrogen and oxygen atoms in total. The van der Waals surface area contributed by atoms with Gasteiger partial charge in [-0.15, -0.1) is 10.2 Å². The van der Waals surface area contributed by atoms with Gasteiger partial charge in [-0.1, -0.05) is 84.0 Å². The predicted octanol–water partition coefficient (Wildman–Crippen LogP) is 6.41. The highest BCUT2D eigenvalue weighted by Gasteiger charge is 2.17. The number of hydrazone groups is 1. The van der Waals surface area contributed by atoms with Crippen molar-refractivity contribution in [2.24, 2.45) is 5.10 Å². The molecule has 9 heteroatoms. The normalized spacial score (nSPS) is 11.0. The smallest absolute Gasteiger partial charge is 0.250 e. The number of rotatable bonds is 10. The summed E-state index contributed by atoms with van der Waals surface area (Å²) in [7, 11) is 0. The molecule has 1 aromatic heterocycles. The van der Waals surface area contributed by atoms with Gasteiger partial charge < -0.3 is 4.74 Å². The van der Waals surface area contributed by atoms with E-state index in [0.29, 0.717) is 28.4 Å². The Morgan fingerprint density at radius 3 is 2.36 bits per heavy atom. The molecule has 0 atom stereocenters. The molecular formula is C30H24ClN5O2S. The summed E-state index contributed by atoms with van der Waals surface area (Å²) in [5, 5.41) is 14.1. The molecular weight excluding hydrogens is 530 g/mol. The third kappa shape index (κ3) is 6.93. The van der Waals surface area contributed by atoms with Crippen molar-refractivity contribution in [3.8, 4) is 22.8 Å². The molecule has 5 rings (SSSR count). The molecule has 0 aliphatic carbocycles. The number of halogens is 1. The molecule has 0 aliphatic heterocycles. The summed E-state index contributed by atoms with van der Waals surface area (Å²) < 4.78 is 7.87. The second kappa shape index (κ2) is 12.9. The number of nitrogens with one attached hydrogen (secondary N) is 1. The Hall–Kier alpha value is -4.40. The van der Waals surface area contributed by atoms with E-state index in [9.17, 15) is 4.79 Å². The zero-order valence-electron chi connectivity index (χ0n) is 20.8. The number of para-hydroxylation sites is 2. The largest absolute Gasteiger partial charge is 0.488 e. The van der Waals surface area contributed by atoms with Crippen LogP contribution < -0.4 is 10.2 Å². The van der Waals surface area contributed by atoms with E-state index in [-0.39, 0.29) is 11.7 Å². The lowest BCUT2D eigenvalue weighted by molar-refractivity contribution is -0.118. The Balaban J connectivity index is 1.24. The second-order valence-corrected chi connectivity index (χ2v) is 9.76. The number of aromatic nitrogens is 3. The number of ether oxygens (including phenoxy) is 1. The first-order chi connectivity index (χ1) is 19.2. The molecule has 0 bridgehead atoms. The summed E-state index contributed by atoms with van der Waals surface area (Å²) in [6.45, 7) is 0.439. The molecule has 0 fully saturated rings. The van der Waals surface area contributed by atoms with Crippen LogP contribution in [0.15, 0.2) is 119 Å². The predicted molar refractivity (Wildman–Crippen MR) is 155 cm³/mol. The first-order valence-corrected chi connectivity index (χ1v) is 13.5. The van der Waals surface area contributed by atoms with Gasteiger partial charge in [0.2, 0.25) is 0 Å². The lowest BCUT2D eigenvalue weighted by Gasteiger charge is -2.10. The summed E-state index contributed by atoms with van der Waals surface area (Å²) in [6, 6.07) is 34.6. The lowest BCUT2D eigenvalue weighted by atomic mass is 10.2. The van der Waals surface area contributed by atoms with Gasteiger partial charge in [0.1, 0.15) is 12.4 Å². The molecule has 0 radical (unpaired) electrons. The Kier molecular flexibility index (Phi) is 8.68. The highest BCUT2D eigenvalue weighted by molar-refractivity contribution is 7.99. The minimum absolute atomic E-state index is 0.106. The second-order valence-electron chi connectivity index (χ2n) is 8.38. The van der Waals surface area contributed by atoms with E-state index in [1.807, 2.05) is 114 Å². The van der Waals surface area contributed by atoms with E-state index in [1.165, 1.54) is 11.8 Å². The number of amides is 1. The molecule has 5 aromatic rings. The van der Waals surface area contributed by atoms with Crippen LogP contribution in [0, 0.1) is 0 Å². The average molecular weight is 554 g/mol. The first-order valence-electron chi connectivity index (χ1n) is 12.1. The van der Waals surface area contributed by atoms with Crippen LogP contribution in [0.25, 0.3) is 17.1 Å². The molecule has 4 aromatic carbocycles. The molecule has 0 saturated carbocycles. The van der Waals surface area contributed by atoms with Gasteiger partial charge in [0, 0.05) is 21.8 Å². The van der Waals surface area contributed by atoms with Crippen molar-refractivity contribution in [3.63, 3.8) is 0 Å². The number of nitrogens with zero attached hydrogens (tertiary/aromatic N) is 4. The number of benzene rings is 4. The highest BCUT2D eigenvalue weighted by atomic mass is 35.5. The van der Waals surface area contributed by atoms with Crippen LogP contribution in [0.3, 0.4) is 0 Å². The number of thioether (sulfide) groups is 1. The zero-order chi connectivity index (χ0) is 26.9. The number of hydrogen-bond donors (Lipinski definition) is 1. The maximum absolute atomic E-state index is 12.6. The standard InChI is InChI=1S/C30H24ClN5O2S/c31-25-17-15-23(16-18-25)29-34-35-30(36(29)26-12-5-2-6-13-26)39-21-28(37)33-32-19-24-11-7-8-14-27(24)38-20-22-9-3-1-4-10-22/h1-19H,20-21H2,(H,33,37). The Bertz CT molecular complexity index is 1560. The van der Waals surface area contributed by atoms with Gasteiger partial charge in [-0.05, 0) is 54.1 Å². The maximum atomic E-state index is 12.6. The van der Waals surface area contributed by atoms with Crippen LogP contribution >= 0.6 is 23.4 Å². The lowest BCUT2D eigenvalue weighted by Crippen LogP contribution is -2.20. The molecule has 1 heterocycles. The van der Waals surface area contributed by atoms with Gasteiger partial charge >= 0.3 is 0 Å². The number of carbonyl (C=O) groups excluding carboxylic acids is 1. The molecule has 194 valence electrons. The monoisotopic (exact) mass is 553 g/mol. The molecule has 1 amide bonds. The van der Waals surface area contributed by atoms with Crippen molar-refractivity contribution in [3.05, 3.63) is 125 Å². The van der Waals surface area contributed by atoms with Crippen LogP contribution in [-0.2, 0) is 11.4 Å². The van der Waals surface area contributed by atoms with E-state index in [4.69, 9.17) is 16.3 Å². The summed E-state index contributed by atoms with van der Waals surface area (Å²) in [5.41, 5.74) is 6.17. The van der Waals surface area contributed by atoms with Crippen LogP contribution in [-0.4, -0.2) is 32.6 Å². The summed E-state index contributed by atoms with van der Waals surface area (Å²) >= 11 is 7.34. The zero-order valence-corrected chi connectivity index (χ0v) is 22.3. The van der Waals surface area contributed by atoms with Crippen molar-refractivity contribution in [2.75, 3.05) is 5.75 Å². The van der Waals surface area contributed by atoms with Gasteiger partial charge in [0.05, 0.1) is 12.0 Å². The fraction of sp³-hybridized carbons (Fsp3) is 0.0667. The first kappa shape index (κ1) is 26.2. The van der Waals surface area contributed by atoms with E-state index >= 15 is 0 Å². The van der Waals surface area contributed by atoms with Gasteiger partial charge in [0.25, 0.3) is 5.91 Å². The molecule has 0 spiro atoms. The topological polar surface area (TPSA) is 81.4 Å². The van der Waals surface area contributed by atoms with Crippen molar-refractivity contribution in [2.45, 2.75) is 11.8 Å². The van der Waals surface area contributed by atoms with E-state index in [1.54, 1.807) is 6.21 Å². The third-order valence-corrected chi connectivity index (χ3v) is 6.81. The highest BCUT2D eigenvalue weighted by Crippen LogP contribution is 2.28. The third-order valence-electron chi connectivity index (χ3n) is 5.63. The van der Waals surface area contributed by atoms with Crippen LogP contribution in [0.2, 0.25) is 5.02 Å². The van der Waals surface area contributed by atoms with Crippen molar-refractivity contribution in [1.29, 1.82) is 0 Å². The quantitative estimate of drug-likeness (QED) is 0.123. The van der Waals surface area contributed by atoms with E-state index < -0.39 is 0 Å². The minimum Gasteiger partial charge on any atom is -0.488 e. The number of hydrogen-bond acceptors (Lipinski definition) is 6. The Labute approximate surface area is 235 Å². The van der Waals surface area contributed by atoms with Crippen molar-refractivity contribution >= 4 is 35.5 Å². The van der Waals surface area contributed by atoms with E-state index in [0.717, 1.165) is 22.4 Å². The van der Waals surface area contributed by atoms with Gasteiger partial charge in [-0.25, -0.2) is 5.43 Å². The van der Waals surface area contributed by atoms with Gasteiger partial charge in [-0.2, -0.15) is 5.10 Å². The average Bonchev–Trinajstić information content (AvgIpc) is 3.41. The minimum atomic E-state index is -0.269. The summed E-state index contributed by atoms with van der Waals surface area (Å²) in [5.74, 6) is 1.18. The van der Waals surface area contributed by atoms with Gasteiger partial charge in [0.15, 0.2) is 11.0 Å². The molecule has 0 aliphatic rings. The van der Waals surface area contributed by atoms with Crippen LogP contribution in [0.5, 0.6) is 5.75 Å². The fourth-order valence-corrected chi connectivity index (χ4v) is 4.62. The summed E-state index contributed by atoms with van der Waals surface area (Å²) in [4.78, 5) is 12.6. The van der Waals surface area contributed by atoms with Crippen molar-refractivity contribution in [1.82, 2.24) is 20.2 Å². The maximum Gasteiger partial charge on any atom is 0.250 e. The fourth-order valence-electron chi connectivity index (χ4n) is 3.75. The van der Waals surface area contributed by atoms with Crippen LogP contribution in [0.1, 0.15) is 11.1 Å². The Morgan fingerprint density at radius 2 is 1.59 bits per heavy atom. The molecule has 0 saturated heterocycles. The SMILES string of the molecule is O=C(CSc1nnc(-c2ccc(Cl)cc2)n1-c1ccccc1)NN=Cc1ccccc1OCc1ccccc1. The Morgan fingerprint density at radius 1 is 0.897 bits per heavy atom. The summed E-state index contributed by atoms with van der Waals surface area (Å²) in [6.07, 6.45) is 1.58. The molecule has 39 heavy (non-hydrogen) atoms. The van der Waals surface area contributed by atoms with Crippen LogP contribution in [0.4, 0.5) is 0 Å². The molecule has 0 unspecified atom stereocenters.